The largest absolute Gasteiger partial charge is 0.462 e. The Hall–Kier alpha value is -3.14. The zero-order chi connectivity index (χ0) is 21.7. The van der Waals surface area contributed by atoms with E-state index < -0.39 is 5.97 Å². The van der Waals surface area contributed by atoms with Crippen molar-refractivity contribution in [2.24, 2.45) is 11.8 Å². The summed E-state index contributed by atoms with van der Waals surface area (Å²) in [5, 5.41) is 0. The van der Waals surface area contributed by atoms with Gasteiger partial charge in [-0.3, -0.25) is 0 Å². The first-order chi connectivity index (χ1) is 14.3. The predicted molar refractivity (Wildman–Crippen MR) is 118 cm³/mol. The molecule has 0 aliphatic heterocycles. The Bertz CT molecular complexity index is 950. The molecule has 0 saturated carbocycles. The Labute approximate surface area is 178 Å². The minimum Gasteiger partial charge on any atom is -0.462 e. The van der Waals surface area contributed by atoms with E-state index >= 15 is 0 Å². The number of hydrogen-bond donors (Lipinski definition) is 0. The number of allylic oxidation sites excluding steroid dienone is 11. The third kappa shape index (κ3) is 5.26. The molecular weight excluding hydrogens is 376 g/mol. The van der Waals surface area contributed by atoms with E-state index in [1.165, 1.54) is 11.1 Å². The summed E-state index contributed by atoms with van der Waals surface area (Å²) in [7, 11) is 0. The molecule has 0 aromatic rings. The van der Waals surface area contributed by atoms with Crippen LogP contribution in [0.2, 0.25) is 0 Å². The molecule has 2 unspecified atom stereocenters. The van der Waals surface area contributed by atoms with Crippen molar-refractivity contribution in [1.29, 1.82) is 0 Å². The van der Waals surface area contributed by atoms with Gasteiger partial charge in [0.05, 0.1) is 6.61 Å². The third-order valence-corrected chi connectivity index (χ3v) is 5.27. The predicted octanol–water partition coefficient (Wildman–Crippen LogP) is 5.44. The van der Waals surface area contributed by atoms with Crippen molar-refractivity contribution in [3.05, 3.63) is 95.4 Å². The van der Waals surface area contributed by atoms with Crippen LogP contribution in [0.3, 0.4) is 0 Å². The van der Waals surface area contributed by atoms with Crippen molar-refractivity contribution < 1.29 is 19.1 Å². The molecule has 0 saturated heterocycles. The second-order valence-electron chi connectivity index (χ2n) is 7.91. The van der Waals surface area contributed by atoms with Gasteiger partial charge in [-0.1, -0.05) is 49.6 Å². The maximum Gasteiger partial charge on any atom is 0.338 e. The lowest BCUT2D eigenvalue weighted by Gasteiger charge is -2.32. The summed E-state index contributed by atoms with van der Waals surface area (Å²) < 4.78 is 10.5. The lowest BCUT2D eigenvalue weighted by molar-refractivity contribution is -0.139. The highest BCUT2D eigenvalue weighted by Gasteiger charge is 2.29. The second kappa shape index (κ2) is 9.57. The highest BCUT2D eigenvalue weighted by molar-refractivity contribution is 5.88. The molecule has 4 nitrogen and oxygen atoms in total. The number of carbonyl (C=O) groups excluding carboxylic acids is 2. The van der Waals surface area contributed by atoms with E-state index in [2.05, 4.69) is 49.6 Å². The topological polar surface area (TPSA) is 52.6 Å². The molecule has 30 heavy (non-hydrogen) atoms. The maximum absolute atomic E-state index is 11.8. The molecule has 3 aliphatic rings. The van der Waals surface area contributed by atoms with E-state index in [1.54, 1.807) is 13.8 Å². The van der Waals surface area contributed by atoms with Crippen molar-refractivity contribution in [3.63, 3.8) is 0 Å². The summed E-state index contributed by atoms with van der Waals surface area (Å²) in [6, 6.07) is 0. The van der Waals surface area contributed by atoms with Crippen molar-refractivity contribution in [1.82, 2.24) is 0 Å². The van der Waals surface area contributed by atoms with Gasteiger partial charge in [0.1, 0.15) is 5.76 Å². The minimum absolute atomic E-state index is 0.243. The number of carbonyl (C=O) groups is 2. The molecule has 3 aliphatic carbocycles. The van der Waals surface area contributed by atoms with Crippen LogP contribution in [-0.2, 0) is 19.1 Å². The normalized spacial score (nSPS) is 21.3. The number of fused-ring (bicyclic) bond motifs is 3. The third-order valence-electron chi connectivity index (χ3n) is 5.27. The lowest BCUT2D eigenvalue weighted by Crippen LogP contribution is -2.21. The molecular formula is C26H28O4. The number of ether oxygens (including phenoxy) is 2. The highest BCUT2D eigenvalue weighted by atomic mass is 16.5. The van der Waals surface area contributed by atoms with Crippen molar-refractivity contribution >= 4 is 11.9 Å². The zero-order valence-electron chi connectivity index (χ0n) is 17.6. The lowest BCUT2D eigenvalue weighted by atomic mass is 9.73. The van der Waals surface area contributed by atoms with Gasteiger partial charge in [-0.2, -0.15) is 0 Å². The van der Waals surface area contributed by atoms with Crippen LogP contribution in [0.5, 0.6) is 0 Å². The summed E-state index contributed by atoms with van der Waals surface area (Å²) in [5.74, 6) is 0.350. The summed E-state index contributed by atoms with van der Waals surface area (Å²) in [5.41, 5.74) is 4.52. The van der Waals surface area contributed by atoms with Gasteiger partial charge < -0.3 is 9.47 Å². The molecule has 0 heterocycles. The maximum atomic E-state index is 11.8. The monoisotopic (exact) mass is 404 g/mol. The molecule has 0 bridgehead atoms. The number of unbranched alkanes of at least 4 members (excludes halogenated alkanes) is 1. The Morgan fingerprint density at radius 1 is 0.900 bits per heavy atom. The Kier molecular flexibility index (Phi) is 6.88. The summed E-state index contributed by atoms with van der Waals surface area (Å²) >= 11 is 0. The van der Waals surface area contributed by atoms with Crippen LogP contribution in [0.4, 0.5) is 0 Å². The van der Waals surface area contributed by atoms with Crippen LogP contribution in [0.15, 0.2) is 95.4 Å². The van der Waals surface area contributed by atoms with Crippen LogP contribution >= 0.6 is 0 Å². The molecule has 0 N–H and O–H groups in total. The zero-order valence-corrected chi connectivity index (χ0v) is 17.6. The average molecular weight is 405 g/mol. The van der Waals surface area contributed by atoms with Crippen molar-refractivity contribution in [3.8, 4) is 0 Å². The minimum atomic E-state index is -0.406. The fraction of sp³-hybridized carbons (Fsp3) is 0.308. The van der Waals surface area contributed by atoms with Crippen LogP contribution in [0.25, 0.3) is 0 Å². The van der Waals surface area contributed by atoms with E-state index in [4.69, 9.17) is 9.47 Å². The van der Waals surface area contributed by atoms with E-state index in [-0.39, 0.29) is 17.8 Å². The smallest absolute Gasteiger partial charge is 0.338 e. The van der Waals surface area contributed by atoms with Gasteiger partial charge in [0.2, 0.25) is 0 Å². The molecule has 0 fully saturated rings. The van der Waals surface area contributed by atoms with Crippen molar-refractivity contribution in [2.45, 2.75) is 33.1 Å². The first kappa shape index (κ1) is 21.6. The fourth-order valence-corrected chi connectivity index (χ4v) is 3.61. The molecule has 0 amide bonds. The van der Waals surface area contributed by atoms with Gasteiger partial charge in [0.15, 0.2) is 0 Å². The quantitative estimate of drug-likeness (QED) is 0.307. The van der Waals surface area contributed by atoms with E-state index in [0.717, 1.165) is 24.8 Å². The fourth-order valence-electron chi connectivity index (χ4n) is 3.61. The highest BCUT2D eigenvalue weighted by Crippen LogP contribution is 2.40. The standard InChI is InChI=1S/C26H28O4/c1-17(2)25(27)29-14-6-5-7-19-8-12-23-20(15-19)9-10-21-16-22(11-13-24(21)23)30-26(28)18(3)4/h8-13,15-16,23-24H,1,3,5-7,14H2,2,4H3. The Morgan fingerprint density at radius 2 is 1.53 bits per heavy atom. The number of hydrogen-bond acceptors (Lipinski definition) is 4. The molecule has 0 aromatic carbocycles. The molecule has 2 atom stereocenters. The van der Waals surface area contributed by atoms with Gasteiger partial charge in [-0.05, 0) is 62.0 Å². The summed E-state index contributed by atoms with van der Waals surface area (Å²) in [6.45, 7) is 10.9. The van der Waals surface area contributed by atoms with Crippen LogP contribution in [0.1, 0.15) is 33.1 Å². The second-order valence-corrected chi connectivity index (χ2v) is 7.91. The molecule has 156 valence electrons. The Balaban J connectivity index is 1.57. The Morgan fingerprint density at radius 3 is 2.20 bits per heavy atom. The first-order valence-electron chi connectivity index (χ1n) is 10.3. The van der Waals surface area contributed by atoms with Crippen LogP contribution in [0, 0.1) is 11.8 Å². The van der Waals surface area contributed by atoms with E-state index in [9.17, 15) is 9.59 Å². The van der Waals surface area contributed by atoms with Gasteiger partial charge in [0.25, 0.3) is 0 Å². The van der Waals surface area contributed by atoms with E-state index in [1.807, 2.05) is 12.2 Å². The van der Waals surface area contributed by atoms with Gasteiger partial charge in [-0.25, -0.2) is 9.59 Å². The van der Waals surface area contributed by atoms with Gasteiger partial charge in [0, 0.05) is 23.0 Å². The first-order valence-corrected chi connectivity index (χ1v) is 10.3. The van der Waals surface area contributed by atoms with E-state index in [0.29, 0.717) is 23.5 Å². The number of esters is 2. The SMILES string of the molecule is C=C(C)C(=O)OCCCCC1=CC2=CC=C3C=C(OC(=O)C(=C)C)C=CC3C2C=C1. The molecule has 0 spiro atoms. The summed E-state index contributed by atoms with van der Waals surface area (Å²) in [4.78, 5) is 23.1. The molecule has 3 rings (SSSR count). The molecule has 4 heteroatoms. The molecule has 0 aromatic heterocycles. The van der Waals surface area contributed by atoms with Crippen molar-refractivity contribution in [2.75, 3.05) is 6.61 Å². The van der Waals surface area contributed by atoms with Crippen LogP contribution < -0.4 is 0 Å². The van der Waals surface area contributed by atoms with Gasteiger partial charge in [-0.15, -0.1) is 0 Å². The molecule has 0 radical (unpaired) electrons. The summed E-state index contributed by atoms with van der Waals surface area (Å²) in [6.07, 6.45) is 19.6. The number of rotatable bonds is 8. The average Bonchev–Trinajstić information content (AvgIpc) is 2.72. The van der Waals surface area contributed by atoms with Crippen LogP contribution in [-0.4, -0.2) is 18.5 Å². The van der Waals surface area contributed by atoms with Gasteiger partial charge >= 0.3 is 11.9 Å².